The van der Waals surface area contributed by atoms with Gasteiger partial charge in [-0.1, -0.05) is 36.4 Å². The first kappa shape index (κ1) is 26.5. The number of methoxy groups -OCH3 is 2. The first-order valence-corrected chi connectivity index (χ1v) is 12.1. The fraction of sp³-hybridized carbons (Fsp3) is 0.346. The van der Waals surface area contributed by atoms with Crippen molar-refractivity contribution in [2.24, 2.45) is 0 Å². The molecule has 2 aromatic carbocycles. The van der Waals surface area contributed by atoms with Crippen LogP contribution in [0, 0.1) is 0 Å². The molecule has 0 aliphatic carbocycles. The molecule has 206 valence electrons. The van der Waals surface area contributed by atoms with Crippen molar-refractivity contribution in [3.05, 3.63) is 65.7 Å². The van der Waals surface area contributed by atoms with Crippen LogP contribution in [0.4, 0.5) is 13.2 Å². The van der Waals surface area contributed by atoms with Crippen LogP contribution in [0.15, 0.2) is 58.6 Å². The van der Waals surface area contributed by atoms with E-state index >= 15 is 0 Å². The van der Waals surface area contributed by atoms with E-state index < -0.39 is 36.1 Å². The summed E-state index contributed by atoms with van der Waals surface area (Å²) in [6.45, 7) is 0.377. The van der Waals surface area contributed by atoms with Gasteiger partial charge in [0.25, 0.3) is 11.8 Å². The second-order valence-electron chi connectivity index (χ2n) is 9.14. The van der Waals surface area contributed by atoms with E-state index in [4.69, 9.17) is 13.9 Å². The van der Waals surface area contributed by atoms with Crippen molar-refractivity contribution in [1.29, 1.82) is 0 Å². The van der Waals surface area contributed by atoms with Crippen LogP contribution in [-0.4, -0.2) is 79.5 Å². The molecular weight excluding hydrogens is 519 g/mol. The normalized spacial score (nSPS) is 21.2. The number of oxazole rings is 1. The topological polar surface area (TPSA) is 109 Å². The summed E-state index contributed by atoms with van der Waals surface area (Å²) in [5.74, 6) is -2.65. The summed E-state index contributed by atoms with van der Waals surface area (Å²) in [5, 5.41) is 3.80. The van der Waals surface area contributed by atoms with E-state index in [1.54, 1.807) is 48.5 Å². The standard InChI is InChI=1S/C26H26F3N5O5/c1-33(12-13-37-2)25(36)20-18(23-31-19-15(38-3)10-7-11-16(19)39-23)24(35)34-22(30-20)17(14-8-5-4-6-9-14)21(32-34)26(27,28)29/h4-11,17,21-22,30,32H,12-13H2,1-3H3. The first-order chi connectivity index (χ1) is 18.7. The minimum atomic E-state index is -4.70. The van der Waals surface area contributed by atoms with E-state index in [0.717, 1.165) is 5.01 Å². The minimum absolute atomic E-state index is 0.170. The summed E-state index contributed by atoms with van der Waals surface area (Å²) in [5.41, 5.74) is 2.71. The lowest BCUT2D eigenvalue weighted by molar-refractivity contribution is -0.161. The van der Waals surface area contributed by atoms with Crippen molar-refractivity contribution in [2.75, 3.05) is 34.4 Å². The van der Waals surface area contributed by atoms with Crippen LogP contribution in [0.2, 0.25) is 0 Å². The third-order valence-electron chi connectivity index (χ3n) is 6.77. The molecular formula is C26H26F3N5O5. The zero-order chi connectivity index (χ0) is 27.9. The summed E-state index contributed by atoms with van der Waals surface area (Å²) in [6, 6.07) is 10.8. The van der Waals surface area contributed by atoms with Crippen LogP contribution >= 0.6 is 0 Å². The van der Waals surface area contributed by atoms with Crippen molar-refractivity contribution in [3.63, 3.8) is 0 Å². The number of alkyl halides is 3. The van der Waals surface area contributed by atoms with Gasteiger partial charge in [0, 0.05) is 20.7 Å². The number of aromatic nitrogens is 1. The Hall–Kier alpha value is -4.10. The Morgan fingerprint density at radius 2 is 1.90 bits per heavy atom. The van der Waals surface area contributed by atoms with E-state index in [-0.39, 0.29) is 35.9 Å². The molecule has 13 heteroatoms. The lowest BCUT2D eigenvalue weighted by Crippen LogP contribution is -2.56. The van der Waals surface area contributed by atoms with Gasteiger partial charge < -0.3 is 24.1 Å². The Morgan fingerprint density at radius 1 is 1.15 bits per heavy atom. The number of carbonyl (C=O) groups excluding carboxylic acids is 2. The zero-order valence-electron chi connectivity index (χ0n) is 21.3. The van der Waals surface area contributed by atoms with Crippen molar-refractivity contribution >= 4 is 28.5 Å². The molecule has 10 nitrogen and oxygen atoms in total. The van der Waals surface area contributed by atoms with E-state index in [9.17, 15) is 22.8 Å². The molecule has 2 aliphatic rings. The van der Waals surface area contributed by atoms with E-state index in [1.165, 1.54) is 26.2 Å². The number of nitrogens with zero attached hydrogens (tertiary/aromatic N) is 3. The second kappa shape index (κ2) is 10.2. The molecule has 2 amide bonds. The second-order valence-corrected chi connectivity index (χ2v) is 9.14. The number of benzene rings is 2. The van der Waals surface area contributed by atoms with E-state index in [2.05, 4.69) is 15.7 Å². The van der Waals surface area contributed by atoms with Crippen LogP contribution in [0.3, 0.4) is 0 Å². The quantitative estimate of drug-likeness (QED) is 0.467. The van der Waals surface area contributed by atoms with Crippen LogP contribution < -0.4 is 15.5 Å². The van der Waals surface area contributed by atoms with E-state index in [1.807, 2.05) is 0 Å². The lowest BCUT2D eigenvalue weighted by Gasteiger charge is -2.35. The highest BCUT2D eigenvalue weighted by atomic mass is 19.4. The number of amides is 2. The highest BCUT2D eigenvalue weighted by molar-refractivity contribution is 6.25. The average molecular weight is 546 g/mol. The summed E-state index contributed by atoms with van der Waals surface area (Å²) in [7, 11) is 4.41. The summed E-state index contributed by atoms with van der Waals surface area (Å²) in [6.07, 6.45) is -5.94. The summed E-state index contributed by atoms with van der Waals surface area (Å²) in [4.78, 5) is 33.2. The molecule has 3 unspecified atom stereocenters. The van der Waals surface area contributed by atoms with Gasteiger partial charge in [0.1, 0.15) is 29.2 Å². The molecule has 0 bridgehead atoms. The highest BCUT2D eigenvalue weighted by Crippen LogP contribution is 2.43. The number of para-hydroxylation sites is 1. The third-order valence-corrected chi connectivity index (χ3v) is 6.77. The van der Waals surface area contributed by atoms with Crippen molar-refractivity contribution in [2.45, 2.75) is 24.3 Å². The maximum Gasteiger partial charge on any atom is 0.406 e. The van der Waals surface area contributed by atoms with E-state index in [0.29, 0.717) is 16.8 Å². The van der Waals surface area contributed by atoms with Crippen LogP contribution in [0.25, 0.3) is 16.7 Å². The predicted molar refractivity (Wildman–Crippen MR) is 133 cm³/mol. The molecule has 1 fully saturated rings. The molecule has 3 aromatic rings. The number of rotatable bonds is 7. The van der Waals surface area contributed by atoms with Gasteiger partial charge in [-0.3, -0.25) is 9.59 Å². The Kier molecular flexibility index (Phi) is 6.95. The SMILES string of the molecule is COCCN(C)C(=O)C1=C(c2nc3c(OC)cccc3o2)C(=O)N2NC(C(F)(F)F)C(c3ccccc3)C2N1. The Labute approximate surface area is 221 Å². The fourth-order valence-corrected chi connectivity index (χ4v) is 4.85. The van der Waals surface area contributed by atoms with Gasteiger partial charge in [-0.25, -0.2) is 15.4 Å². The largest absolute Gasteiger partial charge is 0.494 e. The number of fused-ring (bicyclic) bond motifs is 2. The fourth-order valence-electron chi connectivity index (χ4n) is 4.85. The number of carbonyl (C=O) groups is 2. The molecule has 1 aromatic heterocycles. The predicted octanol–water partition coefficient (Wildman–Crippen LogP) is 2.64. The molecule has 3 heterocycles. The van der Waals surface area contributed by atoms with Gasteiger partial charge in [-0.05, 0) is 17.7 Å². The molecule has 2 N–H and O–H groups in total. The van der Waals surface area contributed by atoms with Gasteiger partial charge >= 0.3 is 6.18 Å². The van der Waals surface area contributed by atoms with Gasteiger partial charge in [-0.2, -0.15) is 13.2 Å². The Morgan fingerprint density at radius 3 is 2.56 bits per heavy atom. The van der Waals surface area contributed by atoms with Crippen LogP contribution in [0.1, 0.15) is 17.4 Å². The molecule has 0 saturated carbocycles. The molecule has 39 heavy (non-hydrogen) atoms. The maximum atomic E-state index is 14.3. The van der Waals surface area contributed by atoms with Gasteiger partial charge in [0.05, 0.1) is 19.6 Å². The van der Waals surface area contributed by atoms with Crippen molar-refractivity contribution < 1.29 is 36.7 Å². The van der Waals surface area contributed by atoms with Gasteiger partial charge in [-0.15, -0.1) is 0 Å². The number of halogens is 3. The van der Waals surface area contributed by atoms with Crippen LogP contribution in [-0.2, 0) is 14.3 Å². The van der Waals surface area contributed by atoms with Gasteiger partial charge in [0.15, 0.2) is 11.1 Å². The maximum absolute atomic E-state index is 14.3. The Bertz CT molecular complexity index is 1420. The highest BCUT2D eigenvalue weighted by Gasteiger charge is 2.59. The zero-order valence-corrected chi connectivity index (χ0v) is 21.3. The minimum Gasteiger partial charge on any atom is -0.494 e. The van der Waals surface area contributed by atoms with Crippen molar-refractivity contribution in [3.8, 4) is 5.75 Å². The smallest absolute Gasteiger partial charge is 0.406 e. The number of hydrogen-bond donors (Lipinski definition) is 2. The Balaban J connectivity index is 1.66. The number of ether oxygens (including phenoxy) is 2. The number of hydrogen-bond acceptors (Lipinski definition) is 8. The lowest BCUT2D eigenvalue weighted by atomic mass is 9.89. The summed E-state index contributed by atoms with van der Waals surface area (Å²) >= 11 is 0. The molecule has 5 rings (SSSR count). The number of likely N-dealkylation sites (N-methyl/N-ethyl adjacent to an activating group) is 1. The number of hydrazine groups is 1. The van der Waals surface area contributed by atoms with Crippen molar-refractivity contribution in [1.82, 2.24) is 25.6 Å². The third kappa shape index (κ3) is 4.68. The molecule has 1 saturated heterocycles. The molecule has 0 radical (unpaired) electrons. The molecule has 2 aliphatic heterocycles. The average Bonchev–Trinajstić information content (AvgIpc) is 3.53. The first-order valence-electron chi connectivity index (χ1n) is 12.1. The van der Waals surface area contributed by atoms with Crippen LogP contribution in [0.5, 0.6) is 5.75 Å². The monoisotopic (exact) mass is 545 g/mol. The molecule has 3 atom stereocenters. The summed E-state index contributed by atoms with van der Waals surface area (Å²) < 4.78 is 59.0. The number of nitrogens with one attached hydrogen (secondary N) is 2. The van der Waals surface area contributed by atoms with Gasteiger partial charge in [0.2, 0.25) is 5.89 Å². The molecule has 0 spiro atoms.